The first-order valence-corrected chi connectivity index (χ1v) is 11.0. The fourth-order valence-corrected chi connectivity index (χ4v) is 5.05. The monoisotopic (exact) mass is 403 g/mol. The zero-order chi connectivity index (χ0) is 21.6. The second kappa shape index (κ2) is 7.78. The molecule has 1 aromatic heterocycles. The van der Waals surface area contributed by atoms with E-state index in [1.54, 1.807) is 6.20 Å². The molecule has 3 heterocycles. The Kier molecular flexibility index (Phi) is 5.31. The molecule has 3 unspecified atom stereocenters. The van der Waals surface area contributed by atoms with Crippen LogP contribution in [0.2, 0.25) is 0 Å². The lowest BCUT2D eigenvalue weighted by molar-refractivity contribution is 0.339. The predicted molar refractivity (Wildman–Crippen MR) is 126 cm³/mol. The molecule has 0 amide bonds. The van der Waals surface area contributed by atoms with Crippen LogP contribution in [0, 0.1) is 11.8 Å². The van der Waals surface area contributed by atoms with Crippen molar-refractivity contribution in [2.75, 3.05) is 16.8 Å². The van der Waals surface area contributed by atoms with Gasteiger partial charge in [0.2, 0.25) is 0 Å². The molecule has 4 rings (SSSR count). The smallest absolute Gasteiger partial charge is 0.161 e. The van der Waals surface area contributed by atoms with Gasteiger partial charge in [0.05, 0.1) is 6.20 Å². The molecule has 30 heavy (non-hydrogen) atoms. The summed E-state index contributed by atoms with van der Waals surface area (Å²) in [4.78, 5) is 14.6. The third kappa shape index (κ3) is 2.99. The molecule has 0 aliphatic carbocycles. The van der Waals surface area contributed by atoms with Crippen molar-refractivity contribution < 1.29 is 0 Å². The van der Waals surface area contributed by atoms with Crippen molar-refractivity contribution in [1.29, 1.82) is 0 Å². The summed E-state index contributed by atoms with van der Waals surface area (Å²) in [5.41, 5.74) is 11.8. The minimum atomic E-state index is 0.253. The lowest BCUT2D eigenvalue weighted by Gasteiger charge is -2.45. The summed E-state index contributed by atoms with van der Waals surface area (Å²) < 4.78 is 0. The second-order valence-electron chi connectivity index (χ2n) is 8.83. The van der Waals surface area contributed by atoms with E-state index in [9.17, 15) is 0 Å². The van der Waals surface area contributed by atoms with Gasteiger partial charge in [0.1, 0.15) is 11.9 Å². The SMILES string of the molecule is CCC1C(C)c2ccccc2N2c3cnc(C(/C=C\N)=C(\C)C(C)C)nc3N(C)C12. The lowest BCUT2D eigenvalue weighted by Crippen LogP contribution is -2.49. The topological polar surface area (TPSA) is 58.3 Å². The predicted octanol–water partition coefficient (Wildman–Crippen LogP) is 5.44. The number of nitrogens with zero attached hydrogens (tertiary/aromatic N) is 4. The van der Waals surface area contributed by atoms with Crippen molar-refractivity contribution in [1.82, 2.24) is 9.97 Å². The number of rotatable bonds is 4. The Bertz CT molecular complexity index is 1010. The van der Waals surface area contributed by atoms with Crippen LogP contribution in [0.1, 0.15) is 58.3 Å². The molecule has 0 spiro atoms. The Morgan fingerprint density at radius 3 is 2.63 bits per heavy atom. The average molecular weight is 404 g/mol. The molecular formula is C25H33N5. The maximum atomic E-state index is 5.76. The van der Waals surface area contributed by atoms with E-state index in [0.717, 1.165) is 29.3 Å². The Hall–Kier alpha value is -2.82. The molecule has 2 aliphatic rings. The minimum Gasteiger partial charge on any atom is -0.405 e. The van der Waals surface area contributed by atoms with Crippen LogP contribution >= 0.6 is 0 Å². The Balaban J connectivity index is 1.88. The standard InChI is InChI=1S/C25H33N5/c1-7-18-17(5)19-10-8-9-11-21(19)30-22-14-27-23(28-24(22)29(6)25(18)30)20(12-13-26)16(4)15(2)3/h8-15,17-18,25H,7,26H2,1-6H3/b13-12-,20-16+. The Morgan fingerprint density at radius 1 is 1.23 bits per heavy atom. The third-order valence-corrected chi connectivity index (χ3v) is 6.98. The molecule has 1 aromatic carbocycles. The molecule has 0 saturated carbocycles. The fraction of sp³-hybridized carbons (Fsp3) is 0.440. The number of para-hydroxylation sites is 1. The van der Waals surface area contributed by atoms with Crippen LogP contribution in [0.3, 0.4) is 0 Å². The van der Waals surface area contributed by atoms with E-state index < -0.39 is 0 Å². The Morgan fingerprint density at radius 2 is 1.97 bits per heavy atom. The van der Waals surface area contributed by atoms with E-state index in [1.165, 1.54) is 16.8 Å². The van der Waals surface area contributed by atoms with Gasteiger partial charge in [-0.25, -0.2) is 9.97 Å². The van der Waals surface area contributed by atoms with E-state index >= 15 is 0 Å². The van der Waals surface area contributed by atoms with Gasteiger partial charge in [-0.3, -0.25) is 0 Å². The van der Waals surface area contributed by atoms with Gasteiger partial charge in [0, 0.05) is 24.2 Å². The zero-order valence-corrected chi connectivity index (χ0v) is 18.9. The maximum Gasteiger partial charge on any atom is 0.161 e. The largest absolute Gasteiger partial charge is 0.405 e. The lowest BCUT2D eigenvalue weighted by atomic mass is 9.79. The normalized spacial score (nSPS) is 23.5. The van der Waals surface area contributed by atoms with E-state index in [4.69, 9.17) is 15.7 Å². The highest BCUT2D eigenvalue weighted by atomic mass is 15.4. The average Bonchev–Trinajstić information content (AvgIpc) is 3.04. The molecular weight excluding hydrogens is 370 g/mol. The number of hydrogen-bond donors (Lipinski definition) is 1. The van der Waals surface area contributed by atoms with Crippen LogP contribution in [-0.2, 0) is 0 Å². The highest BCUT2D eigenvalue weighted by Gasteiger charge is 2.47. The van der Waals surface area contributed by atoms with Crippen LogP contribution in [0.5, 0.6) is 0 Å². The van der Waals surface area contributed by atoms with Crippen LogP contribution in [0.15, 0.2) is 48.3 Å². The van der Waals surface area contributed by atoms with Gasteiger partial charge in [0.25, 0.3) is 0 Å². The fourth-order valence-electron chi connectivity index (χ4n) is 5.05. The maximum absolute atomic E-state index is 5.76. The van der Waals surface area contributed by atoms with Gasteiger partial charge in [-0.05, 0) is 49.1 Å². The van der Waals surface area contributed by atoms with Crippen LogP contribution in [0.25, 0.3) is 5.57 Å². The highest BCUT2D eigenvalue weighted by molar-refractivity contribution is 5.84. The van der Waals surface area contributed by atoms with Crippen molar-refractivity contribution in [3.05, 3.63) is 59.7 Å². The van der Waals surface area contributed by atoms with Crippen LogP contribution in [-0.4, -0.2) is 23.2 Å². The summed E-state index contributed by atoms with van der Waals surface area (Å²) in [5, 5.41) is 0. The Labute approximate surface area is 180 Å². The highest BCUT2D eigenvalue weighted by Crippen LogP contribution is 2.53. The van der Waals surface area contributed by atoms with E-state index in [2.05, 4.69) is 75.7 Å². The number of aromatic nitrogens is 2. The molecule has 0 bridgehead atoms. The summed E-state index contributed by atoms with van der Waals surface area (Å²) in [5.74, 6) is 3.14. The first-order valence-electron chi connectivity index (χ1n) is 11.0. The van der Waals surface area contributed by atoms with Gasteiger partial charge in [-0.15, -0.1) is 0 Å². The molecule has 0 fully saturated rings. The van der Waals surface area contributed by atoms with Crippen molar-refractivity contribution in [3.8, 4) is 0 Å². The van der Waals surface area contributed by atoms with E-state index in [1.807, 2.05) is 12.3 Å². The molecule has 158 valence electrons. The van der Waals surface area contributed by atoms with Crippen molar-refractivity contribution >= 4 is 22.8 Å². The number of fused-ring (bicyclic) bond motifs is 5. The molecule has 2 aliphatic heterocycles. The van der Waals surface area contributed by atoms with Crippen molar-refractivity contribution in [3.63, 3.8) is 0 Å². The van der Waals surface area contributed by atoms with Gasteiger partial charge in [0.15, 0.2) is 11.6 Å². The van der Waals surface area contributed by atoms with E-state index in [0.29, 0.717) is 17.8 Å². The van der Waals surface area contributed by atoms with Gasteiger partial charge in [-0.1, -0.05) is 51.5 Å². The van der Waals surface area contributed by atoms with E-state index in [-0.39, 0.29) is 6.17 Å². The number of benzene rings is 1. The first-order chi connectivity index (χ1) is 14.4. The number of nitrogens with two attached hydrogens (primary N) is 1. The number of anilines is 3. The zero-order valence-electron chi connectivity index (χ0n) is 18.9. The molecule has 5 heteroatoms. The molecule has 0 radical (unpaired) electrons. The number of allylic oxidation sites excluding steroid dienone is 3. The van der Waals surface area contributed by atoms with Crippen LogP contribution in [0.4, 0.5) is 17.2 Å². The summed E-state index contributed by atoms with van der Waals surface area (Å²) in [6, 6.07) is 8.77. The van der Waals surface area contributed by atoms with Crippen molar-refractivity contribution in [2.45, 2.75) is 53.1 Å². The third-order valence-electron chi connectivity index (χ3n) is 6.98. The van der Waals surface area contributed by atoms with Gasteiger partial charge in [-0.2, -0.15) is 0 Å². The number of hydrogen-bond acceptors (Lipinski definition) is 5. The summed E-state index contributed by atoms with van der Waals surface area (Å²) >= 11 is 0. The molecule has 3 atom stereocenters. The van der Waals surface area contributed by atoms with Crippen LogP contribution < -0.4 is 15.5 Å². The van der Waals surface area contributed by atoms with Gasteiger partial charge < -0.3 is 15.5 Å². The molecule has 2 aromatic rings. The molecule has 0 saturated heterocycles. The van der Waals surface area contributed by atoms with Crippen molar-refractivity contribution in [2.24, 2.45) is 17.6 Å². The minimum absolute atomic E-state index is 0.253. The molecule has 2 N–H and O–H groups in total. The molecule has 5 nitrogen and oxygen atoms in total. The summed E-state index contributed by atoms with van der Waals surface area (Å²) in [6.07, 6.45) is 6.86. The summed E-state index contributed by atoms with van der Waals surface area (Å²) in [7, 11) is 2.17. The second-order valence-corrected chi connectivity index (χ2v) is 8.83. The first kappa shape index (κ1) is 20.5. The van der Waals surface area contributed by atoms with Gasteiger partial charge >= 0.3 is 0 Å². The quantitative estimate of drug-likeness (QED) is 0.689. The summed E-state index contributed by atoms with van der Waals surface area (Å²) in [6.45, 7) is 11.2.